The van der Waals surface area contributed by atoms with Crippen LogP contribution in [-0.4, -0.2) is 52.4 Å². The van der Waals surface area contributed by atoms with Gasteiger partial charge in [-0.05, 0) is 20.8 Å². The minimum Gasteiger partial charge on any atom is -0.374 e. The van der Waals surface area contributed by atoms with E-state index in [1.807, 2.05) is 0 Å². The van der Waals surface area contributed by atoms with Gasteiger partial charge < -0.3 is 14.7 Å². The summed E-state index contributed by atoms with van der Waals surface area (Å²) in [7, 11) is 0. The summed E-state index contributed by atoms with van der Waals surface area (Å²) in [5.41, 5.74) is -2.90. The maximum Gasteiger partial charge on any atom is 0.424 e. The van der Waals surface area contributed by atoms with Gasteiger partial charge >= 0.3 is 6.18 Å². The fourth-order valence-corrected chi connectivity index (χ4v) is 3.47. The molecule has 5 nitrogen and oxygen atoms in total. The normalized spacial score (nSPS) is 25.3. The fraction of sp³-hybridized carbons (Fsp3) is 0.714. The number of morpholine rings is 1. The zero-order valence-corrected chi connectivity index (χ0v) is 13.9. The van der Waals surface area contributed by atoms with Gasteiger partial charge in [0.2, 0.25) is 11.5 Å². The highest BCUT2D eigenvalue weighted by Crippen LogP contribution is 2.43. The number of carbonyl (C=O) groups is 1. The molecule has 1 aliphatic heterocycles. The third-order valence-electron chi connectivity index (χ3n) is 3.62. The van der Waals surface area contributed by atoms with Gasteiger partial charge in [0.15, 0.2) is 0 Å². The van der Waals surface area contributed by atoms with E-state index in [-0.39, 0.29) is 25.3 Å². The SMILES string of the molecule is Cc1csc([C@](O)(CC(=O)N2C[C@@H](C)O[C@H](C)C2)C(F)(F)F)n1. The molecule has 0 unspecified atom stereocenters. The van der Waals surface area contributed by atoms with Crippen LogP contribution >= 0.6 is 11.3 Å². The molecule has 0 bridgehead atoms. The molecule has 2 heterocycles. The summed E-state index contributed by atoms with van der Waals surface area (Å²) in [5.74, 6) is -0.764. The van der Waals surface area contributed by atoms with Crippen LogP contribution in [0.3, 0.4) is 0 Å². The van der Waals surface area contributed by atoms with Gasteiger partial charge in [-0.25, -0.2) is 4.98 Å². The van der Waals surface area contributed by atoms with E-state index >= 15 is 0 Å². The Morgan fingerprint density at radius 2 is 2.00 bits per heavy atom. The smallest absolute Gasteiger partial charge is 0.374 e. The maximum absolute atomic E-state index is 13.4. The van der Waals surface area contributed by atoms with Crippen molar-refractivity contribution in [2.45, 2.75) is 51.2 Å². The summed E-state index contributed by atoms with van der Waals surface area (Å²) in [6.07, 6.45) is -6.59. The standard InChI is InChI=1S/C14H19F3N2O3S/c1-8-7-23-12(18-8)13(21,14(15,16)17)4-11(20)19-5-9(2)22-10(3)6-19/h7,9-10,21H,4-6H2,1-3H3/t9-,10-,13-/m1/s1. The molecule has 1 N–H and O–H groups in total. The Labute approximate surface area is 136 Å². The van der Waals surface area contributed by atoms with E-state index in [0.29, 0.717) is 17.0 Å². The lowest BCUT2D eigenvalue weighted by molar-refractivity contribution is -0.268. The van der Waals surface area contributed by atoms with E-state index in [9.17, 15) is 23.1 Å². The van der Waals surface area contributed by atoms with Crippen molar-refractivity contribution in [1.29, 1.82) is 0 Å². The molecule has 0 aromatic carbocycles. The van der Waals surface area contributed by atoms with E-state index in [1.165, 1.54) is 17.2 Å². The maximum atomic E-state index is 13.4. The summed E-state index contributed by atoms with van der Waals surface area (Å²) in [5, 5.41) is 11.1. The second kappa shape index (κ2) is 6.37. The summed E-state index contributed by atoms with van der Waals surface area (Å²) in [4.78, 5) is 17.4. The molecule has 0 aliphatic carbocycles. The van der Waals surface area contributed by atoms with Crippen LogP contribution in [0.15, 0.2) is 5.38 Å². The Balaban J connectivity index is 2.23. The van der Waals surface area contributed by atoms with Gasteiger partial charge in [-0.2, -0.15) is 13.2 Å². The molecule has 0 radical (unpaired) electrons. The van der Waals surface area contributed by atoms with Gasteiger partial charge in [-0.3, -0.25) is 4.79 Å². The number of rotatable bonds is 3. The van der Waals surface area contributed by atoms with Crippen LogP contribution in [0.4, 0.5) is 13.2 Å². The van der Waals surface area contributed by atoms with Crippen molar-refractivity contribution in [3.05, 3.63) is 16.1 Å². The first-order valence-corrected chi connectivity index (χ1v) is 8.06. The number of carbonyl (C=O) groups excluding carboxylic acids is 1. The van der Waals surface area contributed by atoms with Crippen LogP contribution in [0.5, 0.6) is 0 Å². The summed E-state index contributed by atoms with van der Waals surface area (Å²) >= 11 is 0.697. The quantitative estimate of drug-likeness (QED) is 0.906. The van der Waals surface area contributed by atoms with Crippen molar-refractivity contribution >= 4 is 17.2 Å². The average molecular weight is 352 g/mol. The number of aromatic nitrogens is 1. The van der Waals surface area contributed by atoms with Crippen molar-refractivity contribution in [3.8, 4) is 0 Å². The number of hydrogen-bond acceptors (Lipinski definition) is 5. The molecule has 1 fully saturated rings. The molecule has 1 amide bonds. The Morgan fingerprint density at radius 1 is 1.43 bits per heavy atom. The third kappa shape index (κ3) is 3.84. The number of aliphatic hydroxyl groups is 1. The van der Waals surface area contributed by atoms with E-state index in [1.54, 1.807) is 13.8 Å². The molecule has 0 spiro atoms. The number of aryl methyl sites for hydroxylation is 1. The van der Waals surface area contributed by atoms with E-state index in [0.717, 1.165) is 0 Å². The van der Waals surface area contributed by atoms with Crippen LogP contribution in [-0.2, 0) is 15.1 Å². The molecule has 3 atom stereocenters. The van der Waals surface area contributed by atoms with E-state index in [4.69, 9.17) is 4.74 Å². The highest BCUT2D eigenvalue weighted by Gasteiger charge is 2.58. The van der Waals surface area contributed by atoms with E-state index < -0.39 is 29.1 Å². The molecular weight excluding hydrogens is 333 g/mol. The third-order valence-corrected chi connectivity index (χ3v) is 4.73. The number of alkyl halides is 3. The molecule has 1 saturated heterocycles. The predicted molar refractivity (Wildman–Crippen MR) is 78.0 cm³/mol. The lowest BCUT2D eigenvalue weighted by Gasteiger charge is -2.37. The zero-order valence-electron chi connectivity index (χ0n) is 13.1. The predicted octanol–water partition coefficient (Wildman–Crippen LogP) is 2.23. The molecule has 9 heteroatoms. The number of amides is 1. The topological polar surface area (TPSA) is 62.7 Å². The summed E-state index contributed by atoms with van der Waals surface area (Å²) in [6, 6.07) is 0. The first kappa shape index (κ1) is 18.2. The average Bonchev–Trinajstić information content (AvgIpc) is 2.83. The van der Waals surface area contributed by atoms with Crippen molar-refractivity contribution in [2.24, 2.45) is 0 Å². The highest BCUT2D eigenvalue weighted by atomic mass is 32.1. The van der Waals surface area contributed by atoms with Crippen LogP contribution in [0, 0.1) is 6.92 Å². The van der Waals surface area contributed by atoms with Crippen molar-refractivity contribution in [1.82, 2.24) is 9.88 Å². The number of halogens is 3. The highest BCUT2D eigenvalue weighted by molar-refractivity contribution is 7.09. The summed E-state index contributed by atoms with van der Waals surface area (Å²) in [6.45, 7) is 5.43. The minimum absolute atomic E-state index is 0.202. The first-order chi connectivity index (χ1) is 10.5. The van der Waals surface area contributed by atoms with Crippen molar-refractivity contribution < 1.29 is 27.8 Å². The molecule has 2 rings (SSSR count). The molecule has 130 valence electrons. The number of nitrogens with zero attached hydrogens (tertiary/aromatic N) is 2. The molecule has 1 aliphatic rings. The van der Waals surface area contributed by atoms with Crippen molar-refractivity contribution in [3.63, 3.8) is 0 Å². The fourth-order valence-electron chi connectivity index (χ4n) is 2.55. The Bertz CT molecular complexity index is 568. The Hall–Kier alpha value is -1.19. The molecule has 0 saturated carbocycles. The monoisotopic (exact) mass is 352 g/mol. The van der Waals surface area contributed by atoms with Gasteiger partial charge in [0.05, 0.1) is 18.6 Å². The van der Waals surface area contributed by atoms with Gasteiger partial charge in [-0.1, -0.05) is 0 Å². The van der Waals surface area contributed by atoms with Crippen LogP contribution in [0.1, 0.15) is 31.0 Å². The summed E-state index contributed by atoms with van der Waals surface area (Å²) < 4.78 is 45.7. The van der Waals surface area contributed by atoms with Crippen molar-refractivity contribution in [2.75, 3.05) is 13.1 Å². The molecule has 23 heavy (non-hydrogen) atoms. The van der Waals surface area contributed by atoms with Crippen LogP contribution in [0.25, 0.3) is 0 Å². The van der Waals surface area contributed by atoms with Gasteiger partial charge in [-0.15, -0.1) is 11.3 Å². The number of thiazole rings is 1. The van der Waals surface area contributed by atoms with Gasteiger partial charge in [0.1, 0.15) is 5.01 Å². The molecular formula is C14H19F3N2O3S. The second-order valence-corrected chi connectivity index (χ2v) is 6.74. The minimum atomic E-state index is -4.99. The molecule has 1 aromatic rings. The number of hydrogen-bond donors (Lipinski definition) is 1. The Kier molecular flexibility index (Phi) is 5.03. The Morgan fingerprint density at radius 3 is 2.43 bits per heavy atom. The largest absolute Gasteiger partial charge is 0.424 e. The lowest BCUT2D eigenvalue weighted by atomic mass is 9.98. The van der Waals surface area contributed by atoms with Gasteiger partial charge in [0, 0.05) is 24.2 Å². The molecule has 1 aromatic heterocycles. The number of ether oxygens (including phenoxy) is 1. The van der Waals surface area contributed by atoms with E-state index in [2.05, 4.69) is 4.98 Å². The first-order valence-electron chi connectivity index (χ1n) is 7.18. The van der Waals surface area contributed by atoms with Crippen LogP contribution < -0.4 is 0 Å². The lowest BCUT2D eigenvalue weighted by Crippen LogP contribution is -2.52. The zero-order chi connectivity index (χ0) is 17.4. The van der Waals surface area contributed by atoms with Gasteiger partial charge in [0.25, 0.3) is 0 Å². The second-order valence-electron chi connectivity index (χ2n) is 5.88. The van der Waals surface area contributed by atoms with Crippen LogP contribution in [0.2, 0.25) is 0 Å².